The number of fused-ring (bicyclic) bond motifs is 1. The van der Waals surface area contributed by atoms with Gasteiger partial charge in [0.15, 0.2) is 0 Å². The maximum Gasteiger partial charge on any atom is 0.131 e. The van der Waals surface area contributed by atoms with Crippen molar-refractivity contribution in [1.82, 2.24) is 5.01 Å². The van der Waals surface area contributed by atoms with E-state index in [-0.39, 0.29) is 0 Å². The lowest BCUT2D eigenvalue weighted by atomic mass is 10.0. The van der Waals surface area contributed by atoms with Gasteiger partial charge in [-0.15, -0.1) is 0 Å². The highest BCUT2D eigenvalue weighted by molar-refractivity contribution is 5.85. The Kier molecular flexibility index (Phi) is 5.96. The van der Waals surface area contributed by atoms with Gasteiger partial charge in [0.1, 0.15) is 18.0 Å². The van der Waals surface area contributed by atoms with E-state index >= 15 is 0 Å². The molecule has 0 aromatic heterocycles. The van der Waals surface area contributed by atoms with Gasteiger partial charge in [-0.05, 0) is 22.9 Å². The number of ether oxygens (including phenoxy) is 2. The molecule has 1 heterocycles. The van der Waals surface area contributed by atoms with Crippen molar-refractivity contribution in [3.8, 4) is 11.5 Å². The number of rotatable bonds is 6. The van der Waals surface area contributed by atoms with E-state index in [1.807, 2.05) is 24.4 Å². The fourth-order valence-electron chi connectivity index (χ4n) is 3.89. The molecule has 1 fully saturated rings. The van der Waals surface area contributed by atoms with E-state index in [0.717, 1.165) is 49.8 Å². The van der Waals surface area contributed by atoms with Crippen LogP contribution in [0, 0.1) is 0 Å². The molecule has 0 saturated carbocycles. The average Bonchev–Trinajstić information content (AvgIpc) is 2.78. The van der Waals surface area contributed by atoms with Crippen LogP contribution in [-0.4, -0.2) is 51.6 Å². The normalized spacial score (nSPS) is 15.2. The third-order valence-electron chi connectivity index (χ3n) is 5.57. The maximum atomic E-state index is 5.45. The van der Waals surface area contributed by atoms with Crippen molar-refractivity contribution in [2.24, 2.45) is 5.10 Å². The van der Waals surface area contributed by atoms with Gasteiger partial charge in [0, 0.05) is 17.2 Å². The molecule has 5 heteroatoms. The highest BCUT2D eigenvalue weighted by Crippen LogP contribution is 2.23. The molecule has 4 rings (SSSR count). The van der Waals surface area contributed by atoms with E-state index in [1.165, 1.54) is 16.3 Å². The van der Waals surface area contributed by atoms with Crippen LogP contribution >= 0.6 is 0 Å². The van der Waals surface area contributed by atoms with Crippen LogP contribution in [0.1, 0.15) is 11.1 Å². The van der Waals surface area contributed by atoms with Crippen LogP contribution in [0.15, 0.2) is 65.8 Å². The smallest absolute Gasteiger partial charge is 0.131 e. The quantitative estimate of drug-likeness (QED) is 0.658. The predicted molar refractivity (Wildman–Crippen MR) is 117 cm³/mol. The number of methoxy groups -OCH3 is 2. The minimum atomic E-state index is 0.772. The van der Waals surface area contributed by atoms with Crippen molar-refractivity contribution in [1.29, 1.82) is 0 Å². The van der Waals surface area contributed by atoms with Gasteiger partial charge in [-0.2, -0.15) is 5.10 Å². The Morgan fingerprint density at radius 1 is 0.966 bits per heavy atom. The summed E-state index contributed by atoms with van der Waals surface area (Å²) in [5.74, 6) is 1.55. The first-order chi connectivity index (χ1) is 14.3. The number of quaternary nitrogens is 1. The van der Waals surface area contributed by atoms with Crippen LogP contribution in [0.3, 0.4) is 0 Å². The summed E-state index contributed by atoms with van der Waals surface area (Å²) in [6.07, 6.45) is 1.88. The maximum absolute atomic E-state index is 5.45. The molecule has 3 aromatic carbocycles. The van der Waals surface area contributed by atoms with Crippen LogP contribution in [0.4, 0.5) is 0 Å². The average molecular weight is 391 g/mol. The topological polar surface area (TPSA) is 38.5 Å². The molecule has 1 N–H and O–H groups in total. The van der Waals surface area contributed by atoms with E-state index in [2.05, 4.69) is 52.6 Å². The minimum absolute atomic E-state index is 0.772. The summed E-state index contributed by atoms with van der Waals surface area (Å²) in [4.78, 5) is 1.61. The van der Waals surface area contributed by atoms with Gasteiger partial charge >= 0.3 is 0 Å². The van der Waals surface area contributed by atoms with Crippen molar-refractivity contribution < 1.29 is 14.4 Å². The molecular weight excluding hydrogens is 362 g/mol. The summed E-state index contributed by atoms with van der Waals surface area (Å²) in [6, 6.07) is 21.0. The van der Waals surface area contributed by atoms with Crippen LogP contribution in [0.2, 0.25) is 0 Å². The molecule has 0 bridgehead atoms. The van der Waals surface area contributed by atoms with Gasteiger partial charge in [0.05, 0.1) is 46.6 Å². The number of piperazine rings is 1. The summed E-state index contributed by atoms with van der Waals surface area (Å²) in [6.45, 7) is 5.13. The summed E-state index contributed by atoms with van der Waals surface area (Å²) >= 11 is 0. The van der Waals surface area contributed by atoms with E-state index in [0.29, 0.717) is 0 Å². The molecule has 29 heavy (non-hydrogen) atoms. The predicted octanol–water partition coefficient (Wildman–Crippen LogP) is 2.59. The zero-order valence-electron chi connectivity index (χ0n) is 17.1. The Morgan fingerprint density at radius 3 is 2.55 bits per heavy atom. The molecule has 1 saturated heterocycles. The standard InChI is InChI=1S/C24H27N3O2/c1-28-22-11-10-20(24(16-22)29-2)17-25-27-14-12-26(13-15-27)18-21-8-5-7-19-6-3-4-9-23(19)21/h3-11,16-17H,12-15,18H2,1-2H3/p+1/b25-17-. The number of hydrogen-bond acceptors (Lipinski definition) is 4. The summed E-state index contributed by atoms with van der Waals surface area (Å²) in [5.41, 5.74) is 2.39. The second-order valence-electron chi connectivity index (χ2n) is 7.37. The Balaban J connectivity index is 1.37. The summed E-state index contributed by atoms with van der Waals surface area (Å²) in [7, 11) is 3.32. The lowest BCUT2D eigenvalue weighted by molar-refractivity contribution is -0.918. The highest BCUT2D eigenvalue weighted by Gasteiger charge is 2.19. The summed E-state index contributed by atoms with van der Waals surface area (Å²) in [5, 5.41) is 9.52. The first kappa shape index (κ1) is 19.3. The fourth-order valence-corrected chi connectivity index (χ4v) is 3.89. The number of nitrogens with one attached hydrogen (secondary N) is 1. The fraction of sp³-hybridized carbons (Fsp3) is 0.292. The van der Waals surface area contributed by atoms with E-state index in [4.69, 9.17) is 9.47 Å². The number of benzene rings is 3. The van der Waals surface area contributed by atoms with E-state index < -0.39 is 0 Å². The molecule has 0 amide bonds. The zero-order chi connectivity index (χ0) is 20.1. The largest absolute Gasteiger partial charge is 0.497 e. The van der Waals surface area contributed by atoms with Crippen molar-refractivity contribution in [3.05, 3.63) is 71.8 Å². The number of nitrogens with zero attached hydrogens (tertiary/aromatic N) is 2. The Bertz CT molecular complexity index is 989. The Labute approximate surface area is 172 Å². The first-order valence-corrected chi connectivity index (χ1v) is 10.1. The second kappa shape index (κ2) is 8.97. The molecule has 0 spiro atoms. The lowest BCUT2D eigenvalue weighted by Crippen LogP contribution is -3.13. The molecular formula is C24H28N3O2+. The third kappa shape index (κ3) is 4.51. The van der Waals surface area contributed by atoms with Crippen LogP contribution in [0.5, 0.6) is 11.5 Å². The molecule has 5 nitrogen and oxygen atoms in total. The molecule has 1 aliphatic heterocycles. The van der Waals surface area contributed by atoms with Crippen LogP contribution in [-0.2, 0) is 6.54 Å². The van der Waals surface area contributed by atoms with Gasteiger partial charge in [-0.25, -0.2) is 0 Å². The van der Waals surface area contributed by atoms with Crippen molar-refractivity contribution >= 4 is 17.0 Å². The van der Waals surface area contributed by atoms with Gasteiger partial charge in [-0.3, -0.25) is 5.01 Å². The van der Waals surface area contributed by atoms with Gasteiger partial charge in [0.2, 0.25) is 0 Å². The highest BCUT2D eigenvalue weighted by atomic mass is 16.5. The van der Waals surface area contributed by atoms with E-state index in [1.54, 1.807) is 19.1 Å². The van der Waals surface area contributed by atoms with Gasteiger partial charge < -0.3 is 14.4 Å². The lowest BCUT2D eigenvalue weighted by Gasteiger charge is -2.30. The summed E-state index contributed by atoms with van der Waals surface area (Å²) < 4.78 is 10.7. The molecule has 0 radical (unpaired) electrons. The molecule has 3 aromatic rings. The monoisotopic (exact) mass is 390 g/mol. The SMILES string of the molecule is COc1ccc(/C=N\N2CC[NH+](Cc3cccc4ccccc34)CC2)c(OC)c1. The van der Waals surface area contributed by atoms with E-state index in [9.17, 15) is 0 Å². The van der Waals surface area contributed by atoms with Crippen LogP contribution in [0.25, 0.3) is 10.8 Å². The third-order valence-corrected chi connectivity index (χ3v) is 5.57. The molecule has 150 valence electrons. The van der Waals surface area contributed by atoms with Crippen LogP contribution < -0.4 is 14.4 Å². The first-order valence-electron chi connectivity index (χ1n) is 10.1. The molecule has 1 aliphatic rings. The Morgan fingerprint density at radius 2 is 1.76 bits per heavy atom. The molecule has 0 unspecified atom stereocenters. The van der Waals surface area contributed by atoms with Crippen molar-refractivity contribution in [2.45, 2.75) is 6.54 Å². The molecule has 0 atom stereocenters. The van der Waals surface area contributed by atoms with Crippen molar-refractivity contribution in [3.63, 3.8) is 0 Å². The minimum Gasteiger partial charge on any atom is -0.497 e. The van der Waals surface area contributed by atoms with Gasteiger partial charge in [-0.1, -0.05) is 42.5 Å². The zero-order valence-corrected chi connectivity index (χ0v) is 17.1. The van der Waals surface area contributed by atoms with Crippen molar-refractivity contribution in [2.75, 3.05) is 40.4 Å². The molecule has 0 aliphatic carbocycles. The second-order valence-corrected chi connectivity index (χ2v) is 7.37. The van der Waals surface area contributed by atoms with Gasteiger partial charge in [0.25, 0.3) is 0 Å². The number of hydrogen-bond donors (Lipinski definition) is 1. The number of hydrazone groups is 1. The Hall–Kier alpha value is -3.05.